The number of nitro groups is 1. The SMILES string of the molecule is O=[N+]([O-])c1c(O)nc(O)nc1O. The van der Waals surface area contributed by atoms with Crippen molar-refractivity contribution in [1.82, 2.24) is 9.97 Å². The van der Waals surface area contributed by atoms with E-state index >= 15 is 0 Å². The van der Waals surface area contributed by atoms with Crippen LogP contribution < -0.4 is 0 Å². The normalized spacial score (nSPS) is 9.67. The van der Waals surface area contributed by atoms with Gasteiger partial charge in [-0.05, 0) is 0 Å². The number of nitrogens with zero attached hydrogens (tertiary/aromatic N) is 3. The van der Waals surface area contributed by atoms with E-state index in [9.17, 15) is 10.1 Å². The Balaban J connectivity index is 3.38. The Bertz CT molecular complexity index is 314. The second-order valence-electron chi connectivity index (χ2n) is 1.78. The van der Waals surface area contributed by atoms with E-state index in [1.54, 1.807) is 0 Å². The van der Waals surface area contributed by atoms with Crippen LogP contribution in [0.4, 0.5) is 5.69 Å². The molecule has 0 atom stereocenters. The minimum absolute atomic E-state index is 0.935. The lowest BCUT2D eigenvalue weighted by Gasteiger charge is -1.96. The summed E-state index contributed by atoms with van der Waals surface area (Å²) in [6.07, 6.45) is 0. The fourth-order valence-corrected chi connectivity index (χ4v) is 0.584. The largest absolute Gasteiger partial charge is 0.488 e. The van der Waals surface area contributed by atoms with Crippen LogP contribution in [0, 0.1) is 10.1 Å². The van der Waals surface area contributed by atoms with Crippen LogP contribution in [0.3, 0.4) is 0 Å². The standard InChI is InChI=1S/C4H3N3O5/c8-2-1(7(11)12)3(9)6-4(10)5-2/h(H3,5,6,8,9,10). The number of aromatic hydroxyl groups is 3. The Morgan fingerprint density at radius 1 is 1.17 bits per heavy atom. The maximum Gasteiger partial charge on any atom is 0.392 e. The van der Waals surface area contributed by atoms with Crippen molar-refractivity contribution in [1.29, 1.82) is 0 Å². The van der Waals surface area contributed by atoms with Gasteiger partial charge in [-0.2, -0.15) is 9.97 Å². The highest BCUT2D eigenvalue weighted by Crippen LogP contribution is 2.32. The number of aromatic nitrogens is 2. The molecule has 1 aromatic heterocycles. The van der Waals surface area contributed by atoms with E-state index in [1.165, 1.54) is 0 Å². The predicted octanol–water partition coefficient (Wildman–Crippen LogP) is -0.498. The third-order valence-corrected chi connectivity index (χ3v) is 1.02. The van der Waals surface area contributed by atoms with Gasteiger partial charge in [0.05, 0.1) is 4.92 Å². The quantitative estimate of drug-likeness (QED) is 0.385. The van der Waals surface area contributed by atoms with Crippen LogP contribution >= 0.6 is 0 Å². The molecule has 0 saturated carbocycles. The van der Waals surface area contributed by atoms with E-state index < -0.39 is 28.4 Å². The average molecular weight is 173 g/mol. The van der Waals surface area contributed by atoms with Gasteiger partial charge in [0.1, 0.15) is 0 Å². The Hall–Kier alpha value is -2.12. The summed E-state index contributed by atoms with van der Waals surface area (Å²) < 4.78 is 0. The maximum atomic E-state index is 10.1. The summed E-state index contributed by atoms with van der Waals surface area (Å²) >= 11 is 0. The molecule has 0 aliphatic rings. The first-order valence-corrected chi connectivity index (χ1v) is 2.65. The molecular weight excluding hydrogens is 170 g/mol. The van der Waals surface area contributed by atoms with E-state index in [2.05, 4.69) is 9.97 Å². The van der Waals surface area contributed by atoms with Crippen LogP contribution in [-0.2, 0) is 0 Å². The molecule has 0 saturated heterocycles. The van der Waals surface area contributed by atoms with E-state index in [1.807, 2.05) is 0 Å². The summed E-state index contributed by atoms with van der Waals surface area (Å²) in [5.74, 6) is -2.16. The Kier molecular flexibility index (Phi) is 1.66. The number of hydrogen-bond donors (Lipinski definition) is 3. The molecule has 64 valence electrons. The predicted molar refractivity (Wildman–Crippen MR) is 33.7 cm³/mol. The second-order valence-corrected chi connectivity index (χ2v) is 1.78. The van der Waals surface area contributed by atoms with E-state index in [4.69, 9.17) is 15.3 Å². The highest BCUT2D eigenvalue weighted by Gasteiger charge is 2.23. The van der Waals surface area contributed by atoms with Gasteiger partial charge in [-0.3, -0.25) is 10.1 Å². The molecule has 0 aliphatic heterocycles. The molecule has 0 spiro atoms. The van der Waals surface area contributed by atoms with Crippen LogP contribution in [0.2, 0.25) is 0 Å². The summed E-state index contributed by atoms with van der Waals surface area (Å²) in [6, 6.07) is -0.935. The highest BCUT2D eigenvalue weighted by atomic mass is 16.6. The minimum atomic E-state index is -1.08. The monoisotopic (exact) mass is 173 g/mol. The molecule has 0 aliphatic carbocycles. The molecule has 1 heterocycles. The van der Waals surface area contributed by atoms with Crippen LogP contribution in [-0.4, -0.2) is 30.2 Å². The first-order chi connectivity index (χ1) is 5.52. The second kappa shape index (κ2) is 2.49. The summed E-state index contributed by atoms with van der Waals surface area (Å²) in [7, 11) is 0. The van der Waals surface area contributed by atoms with Crippen LogP contribution in [0.25, 0.3) is 0 Å². The lowest BCUT2D eigenvalue weighted by molar-refractivity contribution is -0.387. The molecule has 0 fully saturated rings. The van der Waals surface area contributed by atoms with E-state index in [0.29, 0.717) is 0 Å². The molecule has 1 aromatic rings. The van der Waals surface area contributed by atoms with E-state index in [-0.39, 0.29) is 0 Å². The van der Waals surface area contributed by atoms with Gasteiger partial charge in [-0.15, -0.1) is 0 Å². The molecule has 3 N–H and O–H groups in total. The van der Waals surface area contributed by atoms with Gasteiger partial charge in [-0.1, -0.05) is 0 Å². The van der Waals surface area contributed by atoms with Crippen LogP contribution in [0.1, 0.15) is 0 Å². The molecule has 0 bridgehead atoms. The van der Waals surface area contributed by atoms with Gasteiger partial charge in [0, 0.05) is 0 Å². The molecule has 12 heavy (non-hydrogen) atoms. The molecule has 0 amide bonds. The molecule has 0 unspecified atom stereocenters. The number of hydrogen-bond acceptors (Lipinski definition) is 7. The molecule has 8 nitrogen and oxygen atoms in total. The highest BCUT2D eigenvalue weighted by molar-refractivity contribution is 5.48. The van der Waals surface area contributed by atoms with Crippen molar-refractivity contribution in [2.75, 3.05) is 0 Å². The van der Waals surface area contributed by atoms with Gasteiger partial charge in [-0.25, -0.2) is 0 Å². The van der Waals surface area contributed by atoms with Crippen molar-refractivity contribution in [2.45, 2.75) is 0 Å². The van der Waals surface area contributed by atoms with Gasteiger partial charge in [0.2, 0.25) is 0 Å². The summed E-state index contributed by atoms with van der Waals surface area (Å²) in [5, 5.41) is 36.1. The third-order valence-electron chi connectivity index (χ3n) is 1.02. The lowest BCUT2D eigenvalue weighted by Crippen LogP contribution is -1.93. The zero-order valence-corrected chi connectivity index (χ0v) is 5.50. The topological polar surface area (TPSA) is 130 Å². The molecule has 0 radical (unpaired) electrons. The van der Waals surface area contributed by atoms with Gasteiger partial charge < -0.3 is 15.3 Å². The molecular formula is C4H3N3O5. The van der Waals surface area contributed by atoms with Crippen molar-refractivity contribution < 1.29 is 20.2 Å². The summed E-state index contributed by atoms with van der Waals surface area (Å²) in [5.41, 5.74) is -1.03. The fourth-order valence-electron chi connectivity index (χ4n) is 0.584. The average Bonchev–Trinajstić information content (AvgIpc) is 1.82. The van der Waals surface area contributed by atoms with Gasteiger partial charge >= 0.3 is 23.5 Å². The van der Waals surface area contributed by atoms with Crippen molar-refractivity contribution in [3.63, 3.8) is 0 Å². The summed E-state index contributed by atoms with van der Waals surface area (Å²) in [4.78, 5) is 14.7. The Morgan fingerprint density at radius 3 is 1.92 bits per heavy atom. The molecule has 1 rings (SSSR count). The van der Waals surface area contributed by atoms with Crippen molar-refractivity contribution in [2.24, 2.45) is 0 Å². The zero-order valence-electron chi connectivity index (χ0n) is 5.50. The van der Waals surface area contributed by atoms with Gasteiger partial charge in [0.25, 0.3) is 0 Å². The summed E-state index contributed by atoms with van der Waals surface area (Å²) in [6.45, 7) is 0. The molecule has 8 heteroatoms. The van der Waals surface area contributed by atoms with Crippen molar-refractivity contribution in [3.05, 3.63) is 10.1 Å². The van der Waals surface area contributed by atoms with Crippen LogP contribution in [0.15, 0.2) is 0 Å². The van der Waals surface area contributed by atoms with E-state index in [0.717, 1.165) is 0 Å². The minimum Gasteiger partial charge on any atom is -0.488 e. The first-order valence-electron chi connectivity index (χ1n) is 2.65. The maximum absolute atomic E-state index is 10.1. The Labute approximate surface area is 64.9 Å². The zero-order chi connectivity index (χ0) is 9.30. The smallest absolute Gasteiger partial charge is 0.392 e. The van der Waals surface area contributed by atoms with Crippen molar-refractivity contribution >= 4 is 5.69 Å². The molecule has 0 aromatic carbocycles. The fraction of sp³-hybridized carbons (Fsp3) is 0. The third kappa shape index (κ3) is 1.17. The van der Waals surface area contributed by atoms with Crippen LogP contribution in [0.5, 0.6) is 17.8 Å². The van der Waals surface area contributed by atoms with Gasteiger partial charge in [0.15, 0.2) is 0 Å². The lowest BCUT2D eigenvalue weighted by atomic mass is 10.5. The number of rotatable bonds is 1. The van der Waals surface area contributed by atoms with Crippen molar-refractivity contribution in [3.8, 4) is 17.8 Å². The Morgan fingerprint density at radius 2 is 1.58 bits per heavy atom. The first kappa shape index (κ1) is 7.98.